The van der Waals surface area contributed by atoms with Gasteiger partial charge in [0.15, 0.2) is 6.61 Å². The minimum Gasteiger partial charge on any atom is -0.497 e. The van der Waals surface area contributed by atoms with Crippen molar-refractivity contribution in [1.29, 1.82) is 10.5 Å². The lowest BCUT2D eigenvalue weighted by Gasteiger charge is -2.08. The number of carbonyl (C=O) groups excluding carboxylic acids is 1. The first kappa shape index (κ1) is 18.6. The van der Waals surface area contributed by atoms with Crippen molar-refractivity contribution in [1.82, 2.24) is 5.32 Å². The van der Waals surface area contributed by atoms with Crippen molar-refractivity contribution in [2.24, 2.45) is 0 Å². The van der Waals surface area contributed by atoms with Gasteiger partial charge in [-0.05, 0) is 29.8 Å². The van der Waals surface area contributed by atoms with E-state index >= 15 is 0 Å². The van der Waals surface area contributed by atoms with E-state index in [1.807, 2.05) is 24.3 Å². The molecule has 1 amide bonds. The summed E-state index contributed by atoms with van der Waals surface area (Å²) in [5, 5.41) is 20.6. The van der Waals surface area contributed by atoms with Crippen molar-refractivity contribution in [2.45, 2.75) is 6.54 Å². The zero-order valence-corrected chi connectivity index (χ0v) is 14.2. The number of carbonyl (C=O) groups is 1. The van der Waals surface area contributed by atoms with Crippen molar-refractivity contribution >= 4 is 12.0 Å². The lowest BCUT2D eigenvalue weighted by molar-refractivity contribution is -0.117. The Hall–Kier alpha value is -3.77. The molecule has 0 spiro atoms. The van der Waals surface area contributed by atoms with Crippen molar-refractivity contribution in [2.75, 3.05) is 13.7 Å². The van der Waals surface area contributed by atoms with Gasteiger partial charge in [-0.25, -0.2) is 0 Å². The Labute approximate surface area is 151 Å². The van der Waals surface area contributed by atoms with E-state index in [1.165, 1.54) is 6.08 Å². The van der Waals surface area contributed by atoms with E-state index in [0.29, 0.717) is 11.3 Å². The molecule has 2 aromatic carbocycles. The predicted molar refractivity (Wildman–Crippen MR) is 96.0 cm³/mol. The third-order valence-corrected chi connectivity index (χ3v) is 3.49. The molecule has 0 unspecified atom stereocenters. The van der Waals surface area contributed by atoms with Gasteiger partial charge in [-0.3, -0.25) is 4.79 Å². The third kappa shape index (κ3) is 5.12. The molecule has 0 heterocycles. The monoisotopic (exact) mass is 347 g/mol. The zero-order valence-electron chi connectivity index (χ0n) is 14.2. The van der Waals surface area contributed by atoms with E-state index in [-0.39, 0.29) is 18.7 Å². The van der Waals surface area contributed by atoms with Gasteiger partial charge in [0.25, 0.3) is 5.91 Å². The van der Waals surface area contributed by atoms with Gasteiger partial charge in [0.1, 0.15) is 29.2 Å². The van der Waals surface area contributed by atoms with Crippen molar-refractivity contribution in [3.05, 3.63) is 65.2 Å². The van der Waals surface area contributed by atoms with E-state index in [0.717, 1.165) is 11.3 Å². The van der Waals surface area contributed by atoms with Gasteiger partial charge in [0.2, 0.25) is 0 Å². The van der Waals surface area contributed by atoms with E-state index in [2.05, 4.69) is 5.32 Å². The van der Waals surface area contributed by atoms with E-state index < -0.39 is 5.91 Å². The average Bonchev–Trinajstić information content (AvgIpc) is 2.69. The van der Waals surface area contributed by atoms with E-state index in [4.69, 9.17) is 14.7 Å². The lowest BCUT2D eigenvalue weighted by atomic mass is 10.1. The molecule has 0 aliphatic rings. The molecule has 2 aromatic rings. The number of nitrogens with zero attached hydrogens (tertiary/aromatic N) is 2. The van der Waals surface area contributed by atoms with E-state index in [1.54, 1.807) is 43.5 Å². The molecule has 0 aromatic heterocycles. The van der Waals surface area contributed by atoms with Crippen LogP contribution in [0.15, 0.2) is 54.1 Å². The molecule has 0 bridgehead atoms. The molecule has 6 nitrogen and oxygen atoms in total. The normalized spacial score (nSPS) is 10.3. The maximum Gasteiger partial charge on any atom is 0.262 e. The number of hydrogen-bond acceptors (Lipinski definition) is 5. The largest absolute Gasteiger partial charge is 0.497 e. The smallest absolute Gasteiger partial charge is 0.262 e. The van der Waals surface area contributed by atoms with Crippen LogP contribution in [0.3, 0.4) is 0 Å². The Balaban J connectivity index is 2.09. The van der Waals surface area contributed by atoms with Crippen LogP contribution < -0.4 is 14.8 Å². The molecule has 26 heavy (non-hydrogen) atoms. The number of para-hydroxylation sites is 1. The Morgan fingerprint density at radius 3 is 2.54 bits per heavy atom. The van der Waals surface area contributed by atoms with Crippen molar-refractivity contribution < 1.29 is 14.3 Å². The first-order valence-corrected chi connectivity index (χ1v) is 7.79. The minimum absolute atomic E-state index is 0.0495. The standard InChI is InChI=1S/C20H17N3O3/c1-25-18-8-6-15(7-9-18)14-23-20(24)17(13-22)12-16-4-2-3-5-19(16)26-11-10-21/h2-9,12H,11,14H2,1H3,(H,23,24)/b17-12-. The summed E-state index contributed by atoms with van der Waals surface area (Å²) in [5.41, 5.74) is 1.39. The summed E-state index contributed by atoms with van der Waals surface area (Å²) >= 11 is 0. The number of ether oxygens (including phenoxy) is 2. The van der Waals surface area contributed by atoms with Crippen LogP contribution >= 0.6 is 0 Å². The summed E-state index contributed by atoms with van der Waals surface area (Å²) in [6, 6.07) is 17.9. The molecule has 0 radical (unpaired) electrons. The first-order valence-electron chi connectivity index (χ1n) is 7.79. The van der Waals surface area contributed by atoms with Crippen LogP contribution in [-0.2, 0) is 11.3 Å². The number of rotatable bonds is 7. The summed E-state index contributed by atoms with van der Waals surface area (Å²) in [6.07, 6.45) is 1.44. The van der Waals surface area contributed by atoms with Gasteiger partial charge in [-0.1, -0.05) is 30.3 Å². The fraction of sp³-hybridized carbons (Fsp3) is 0.150. The molecule has 0 aliphatic carbocycles. The highest BCUT2D eigenvalue weighted by Crippen LogP contribution is 2.21. The van der Waals surface area contributed by atoms with Crippen LogP contribution in [-0.4, -0.2) is 19.6 Å². The lowest BCUT2D eigenvalue weighted by Crippen LogP contribution is -2.23. The maximum absolute atomic E-state index is 12.3. The quantitative estimate of drug-likeness (QED) is 0.614. The molecule has 6 heteroatoms. The summed E-state index contributed by atoms with van der Waals surface area (Å²) in [6.45, 7) is 0.171. The molecule has 0 fully saturated rings. The molecular weight excluding hydrogens is 330 g/mol. The van der Waals surface area contributed by atoms with Gasteiger partial charge in [0, 0.05) is 12.1 Å². The molecule has 130 valence electrons. The molecule has 1 N–H and O–H groups in total. The maximum atomic E-state index is 12.3. The Morgan fingerprint density at radius 1 is 1.15 bits per heavy atom. The van der Waals surface area contributed by atoms with Crippen molar-refractivity contribution in [3.63, 3.8) is 0 Å². The topological polar surface area (TPSA) is 95.1 Å². The molecule has 2 rings (SSSR count). The van der Waals surface area contributed by atoms with Crippen LogP contribution in [0.4, 0.5) is 0 Å². The van der Waals surface area contributed by atoms with Crippen LogP contribution in [0, 0.1) is 22.7 Å². The fourth-order valence-electron chi connectivity index (χ4n) is 2.17. The zero-order chi connectivity index (χ0) is 18.8. The number of methoxy groups -OCH3 is 1. The second kappa shape index (κ2) is 9.51. The minimum atomic E-state index is -0.488. The highest BCUT2D eigenvalue weighted by Gasteiger charge is 2.10. The Morgan fingerprint density at radius 2 is 1.88 bits per heavy atom. The number of nitriles is 2. The van der Waals surface area contributed by atoms with Gasteiger partial charge in [-0.2, -0.15) is 10.5 Å². The number of hydrogen-bond donors (Lipinski definition) is 1. The molecular formula is C20H17N3O3. The van der Waals surface area contributed by atoms with Gasteiger partial charge in [0.05, 0.1) is 7.11 Å². The molecule has 0 saturated carbocycles. The SMILES string of the molecule is COc1ccc(CNC(=O)/C(C#N)=C\c2ccccc2OCC#N)cc1. The van der Waals surface area contributed by atoms with Crippen LogP contribution in [0.25, 0.3) is 6.08 Å². The van der Waals surface area contributed by atoms with Crippen LogP contribution in [0.5, 0.6) is 11.5 Å². The second-order valence-electron chi connectivity index (χ2n) is 5.19. The highest BCUT2D eigenvalue weighted by molar-refractivity contribution is 6.01. The predicted octanol–water partition coefficient (Wildman–Crippen LogP) is 2.82. The summed E-state index contributed by atoms with van der Waals surface area (Å²) in [5.74, 6) is 0.676. The second-order valence-corrected chi connectivity index (χ2v) is 5.19. The van der Waals surface area contributed by atoms with Crippen molar-refractivity contribution in [3.8, 4) is 23.6 Å². The number of benzene rings is 2. The first-order chi connectivity index (χ1) is 12.7. The molecule has 0 saturated heterocycles. The Bertz CT molecular complexity index is 874. The fourth-order valence-corrected chi connectivity index (χ4v) is 2.17. The van der Waals surface area contributed by atoms with Crippen LogP contribution in [0.1, 0.15) is 11.1 Å². The molecule has 0 aliphatic heterocycles. The number of nitrogens with one attached hydrogen (secondary N) is 1. The average molecular weight is 347 g/mol. The van der Waals surface area contributed by atoms with Crippen LogP contribution in [0.2, 0.25) is 0 Å². The summed E-state index contributed by atoms with van der Waals surface area (Å²) < 4.78 is 10.4. The summed E-state index contributed by atoms with van der Waals surface area (Å²) in [4.78, 5) is 12.3. The molecule has 0 atom stereocenters. The Kier molecular flexibility index (Phi) is 6.79. The van der Waals surface area contributed by atoms with E-state index in [9.17, 15) is 10.1 Å². The van der Waals surface area contributed by atoms with Gasteiger partial charge in [-0.15, -0.1) is 0 Å². The van der Waals surface area contributed by atoms with Gasteiger partial charge < -0.3 is 14.8 Å². The highest BCUT2D eigenvalue weighted by atomic mass is 16.5. The number of amides is 1. The van der Waals surface area contributed by atoms with Gasteiger partial charge >= 0.3 is 0 Å². The summed E-state index contributed by atoms with van der Waals surface area (Å²) in [7, 11) is 1.58. The third-order valence-electron chi connectivity index (χ3n) is 3.49.